The van der Waals surface area contributed by atoms with Crippen molar-refractivity contribution >= 4 is 55.4 Å². The van der Waals surface area contributed by atoms with E-state index in [0.29, 0.717) is 0 Å². The number of benzene rings is 1. The first-order chi connectivity index (χ1) is 19.6. The lowest BCUT2D eigenvalue weighted by atomic mass is 9.88. The van der Waals surface area contributed by atoms with Gasteiger partial charge in [-0.05, 0) is 99.6 Å². The molecule has 0 spiro atoms. The summed E-state index contributed by atoms with van der Waals surface area (Å²) in [6, 6.07) is 5.35. The second-order valence-electron chi connectivity index (χ2n) is 14.2. The molecule has 0 aliphatic carbocycles. The van der Waals surface area contributed by atoms with Gasteiger partial charge in [0.25, 0.3) is 0 Å². The van der Waals surface area contributed by atoms with Crippen molar-refractivity contribution in [3.8, 4) is 0 Å². The molecule has 3 rings (SSSR count). The van der Waals surface area contributed by atoms with Crippen molar-refractivity contribution < 1.29 is 0 Å². The van der Waals surface area contributed by atoms with Gasteiger partial charge in [0.15, 0.2) is 0 Å². The van der Waals surface area contributed by atoms with Gasteiger partial charge in [0.2, 0.25) is 0 Å². The van der Waals surface area contributed by atoms with Crippen LogP contribution in [0.2, 0.25) is 16.6 Å². The van der Waals surface area contributed by atoms with Crippen LogP contribution in [-0.4, -0.2) is 8.07 Å². The lowest BCUT2D eigenvalue weighted by Gasteiger charge is -2.42. The molecule has 3 aromatic rings. The molecule has 2 heterocycles. The molecule has 0 saturated heterocycles. The predicted molar refractivity (Wildman–Crippen MR) is 196 cm³/mol. The second-order valence-corrected chi connectivity index (χ2v) is 22.8. The summed E-state index contributed by atoms with van der Waals surface area (Å²) >= 11 is 4.34. The molecule has 41 heavy (non-hydrogen) atoms. The molecule has 0 saturated carbocycles. The maximum absolute atomic E-state index is 2.78. The lowest BCUT2D eigenvalue weighted by molar-refractivity contribution is 0.422. The van der Waals surface area contributed by atoms with E-state index in [-0.39, 0.29) is 0 Å². The summed E-state index contributed by atoms with van der Waals surface area (Å²) in [5.41, 5.74) is 5.66. The number of rotatable bonds is 18. The van der Waals surface area contributed by atoms with Gasteiger partial charge in [-0.15, -0.1) is 22.7 Å². The summed E-state index contributed by atoms with van der Waals surface area (Å²) in [7, 11) is -1.72. The van der Waals surface area contributed by atoms with E-state index >= 15 is 0 Å². The first-order valence-corrected chi connectivity index (χ1v) is 21.4. The summed E-state index contributed by atoms with van der Waals surface area (Å²) in [6.45, 7) is 27.1. The zero-order chi connectivity index (χ0) is 30.3. The van der Waals surface area contributed by atoms with Crippen molar-refractivity contribution in [1.82, 2.24) is 0 Å². The van der Waals surface area contributed by atoms with Crippen molar-refractivity contribution in [2.24, 2.45) is 11.8 Å². The van der Waals surface area contributed by atoms with Gasteiger partial charge in [-0.1, -0.05) is 121 Å². The number of aryl methyl sites for hydroxylation is 3. The molecule has 2 atom stereocenters. The van der Waals surface area contributed by atoms with Gasteiger partial charge >= 0.3 is 0 Å². The van der Waals surface area contributed by atoms with Gasteiger partial charge in [-0.25, -0.2) is 0 Å². The molecular formula is C38H64S2Si. The molecule has 0 bridgehead atoms. The number of fused-ring (bicyclic) bond motifs is 2. The van der Waals surface area contributed by atoms with Crippen LogP contribution in [0, 0.1) is 18.8 Å². The van der Waals surface area contributed by atoms with E-state index in [1.165, 1.54) is 81.9 Å². The van der Waals surface area contributed by atoms with Crippen LogP contribution in [0.1, 0.15) is 149 Å². The number of unbranched alkanes of at least 4 members (excludes halogenated alkanes) is 2. The topological polar surface area (TPSA) is 0 Å². The normalized spacial score (nSPS) is 14.4. The van der Waals surface area contributed by atoms with Crippen molar-refractivity contribution in [2.45, 2.75) is 170 Å². The van der Waals surface area contributed by atoms with Crippen LogP contribution in [0.5, 0.6) is 0 Å². The van der Waals surface area contributed by atoms with E-state index in [1.54, 1.807) is 35.8 Å². The number of hydrogen-bond donors (Lipinski definition) is 0. The molecule has 0 fully saturated rings. The fourth-order valence-electron chi connectivity index (χ4n) is 8.40. The highest BCUT2D eigenvalue weighted by molar-refractivity contribution is 7.32. The third-order valence-corrected chi connectivity index (χ3v) is 21.0. The SMILES string of the molecule is CCCCC(CC)CCc1c2cc([Si](C(C)C)(C(C)C)C(C)C)sc2c(CCC(CC)CCCC)c2cc(C)sc12. The van der Waals surface area contributed by atoms with Crippen molar-refractivity contribution in [3.63, 3.8) is 0 Å². The van der Waals surface area contributed by atoms with Crippen LogP contribution >= 0.6 is 22.7 Å². The van der Waals surface area contributed by atoms with Gasteiger partial charge in [0.1, 0.15) is 8.07 Å². The fraction of sp³-hybridized carbons (Fsp3) is 0.737. The Balaban J connectivity index is 2.25. The van der Waals surface area contributed by atoms with Crippen LogP contribution in [0.4, 0.5) is 0 Å². The third kappa shape index (κ3) is 7.54. The van der Waals surface area contributed by atoms with Gasteiger partial charge in [0.05, 0.1) is 0 Å². The fourth-order valence-corrected chi connectivity index (χ4v) is 19.8. The highest BCUT2D eigenvalue weighted by atomic mass is 32.1. The zero-order valence-corrected chi connectivity index (χ0v) is 31.5. The van der Waals surface area contributed by atoms with Gasteiger partial charge in [0, 0.05) is 14.3 Å². The average Bonchev–Trinajstić information content (AvgIpc) is 3.52. The van der Waals surface area contributed by atoms with Crippen LogP contribution in [0.15, 0.2) is 12.1 Å². The van der Waals surface area contributed by atoms with Gasteiger partial charge in [-0.3, -0.25) is 0 Å². The Hall–Kier alpha value is -0.643. The molecule has 0 radical (unpaired) electrons. The maximum Gasteiger partial charge on any atom is 0.107 e. The molecule has 2 unspecified atom stereocenters. The number of thiophene rings is 2. The van der Waals surface area contributed by atoms with Crippen molar-refractivity contribution in [1.29, 1.82) is 0 Å². The zero-order valence-electron chi connectivity index (χ0n) is 28.8. The van der Waals surface area contributed by atoms with Crippen LogP contribution < -0.4 is 4.50 Å². The van der Waals surface area contributed by atoms with Crippen molar-refractivity contribution in [3.05, 3.63) is 28.1 Å². The Morgan fingerprint density at radius 1 is 0.610 bits per heavy atom. The molecule has 232 valence electrons. The summed E-state index contributed by atoms with van der Waals surface area (Å²) in [5, 5.41) is 3.27. The Kier molecular flexibility index (Phi) is 13.5. The minimum Gasteiger partial charge on any atom is -0.145 e. The molecule has 2 aromatic heterocycles. The predicted octanol–water partition coefficient (Wildman–Crippen LogP) is 13.6. The quantitative estimate of drug-likeness (QED) is 0.125. The molecule has 0 aliphatic rings. The standard InChI is InChI=1S/C38H64S2Si/c1-12-16-18-30(14-3)20-22-32-34-24-29(11)39-37(34)33(23-21-31(15-4)19-17-13-2)35-25-36(40-38(32)35)41(26(5)6,27(7)8)28(9)10/h24-28,30-31H,12-23H2,1-11H3. The largest absolute Gasteiger partial charge is 0.145 e. The van der Waals surface area contributed by atoms with E-state index < -0.39 is 8.07 Å². The molecule has 0 amide bonds. The molecule has 3 heteroatoms. The highest BCUT2D eigenvalue weighted by Crippen LogP contribution is 2.47. The average molecular weight is 613 g/mol. The van der Waals surface area contributed by atoms with Gasteiger partial charge < -0.3 is 0 Å². The Morgan fingerprint density at radius 3 is 1.46 bits per heavy atom. The Labute approximate surface area is 264 Å². The summed E-state index contributed by atoms with van der Waals surface area (Å²) in [6.07, 6.45) is 16.0. The Morgan fingerprint density at radius 2 is 1.05 bits per heavy atom. The molecule has 0 aliphatic heterocycles. The van der Waals surface area contributed by atoms with E-state index in [1.807, 2.05) is 0 Å². The van der Waals surface area contributed by atoms with Crippen LogP contribution in [0.3, 0.4) is 0 Å². The number of hydrogen-bond acceptors (Lipinski definition) is 2. The first-order valence-electron chi connectivity index (χ1n) is 17.5. The van der Waals surface area contributed by atoms with Crippen LogP contribution in [0.25, 0.3) is 20.2 Å². The summed E-state index contributed by atoms with van der Waals surface area (Å²) < 4.78 is 5.10. The van der Waals surface area contributed by atoms with E-state index in [2.05, 4.69) is 111 Å². The van der Waals surface area contributed by atoms with Gasteiger partial charge in [-0.2, -0.15) is 0 Å². The molecular weight excluding hydrogens is 549 g/mol. The highest BCUT2D eigenvalue weighted by Gasteiger charge is 2.46. The summed E-state index contributed by atoms with van der Waals surface area (Å²) in [5.74, 6) is 1.72. The third-order valence-electron chi connectivity index (χ3n) is 10.8. The minimum atomic E-state index is -1.72. The van der Waals surface area contributed by atoms with Crippen LogP contribution in [-0.2, 0) is 12.8 Å². The van der Waals surface area contributed by atoms with Crippen molar-refractivity contribution in [2.75, 3.05) is 0 Å². The van der Waals surface area contributed by atoms with E-state index in [4.69, 9.17) is 0 Å². The monoisotopic (exact) mass is 612 g/mol. The van der Waals surface area contributed by atoms with E-state index in [0.717, 1.165) is 28.5 Å². The molecule has 1 aromatic carbocycles. The Bertz CT molecular complexity index is 1110. The second kappa shape index (κ2) is 15.9. The molecule has 0 N–H and O–H groups in total. The van der Waals surface area contributed by atoms with E-state index in [9.17, 15) is 0 Å². The smallest absolute Gasteiger partial charge is 0.107 e. The maximum atomic E-state index is 2.78. The first kappa shape index (κ1) is 34.8. The summed E-state index contributed by atoms with van der Waals surface area (Å²) in [4.78, 5) is 1.49. The molecule has 0 nitrogen and oxygen atoms in total. The lowest BCUT2D eigenvalue weighted by Crippen LogP contribution is -2.54. The minimum absolute atomic E-state index is 0.753.